The van der Waals surface area contributed by atoms with Gasteiger partial charge >= 0.3 is 0 Å². The van der Waals surface area contributed by atoms with E-state index in [9.17, 15) is 14.3 Å². The standard InChI is InChI=1S/C22H22FN7O2/c1-24-19-8-17(27-21-14(9-26-30(19)21)22(32)28-18-7-16(18)23)15-10-29(11-5-12(31)6-11)20-13(15)3-2-4-25-20/h2-4,8-12,16,18,24,31H,5-7H2,1H3,(H,28,32)/t11?,12?,16-,18+/m0/s1. The minimum Gasteiger partial charge on any atom is -0.393 e. The van der Waals surface area contributed by atoms with Crippen LogP contribution in [0.3, 0.4) is 0 Å². The number of aliphatic hydroxyl groups excluding tert-OH is 1. The zero-order valence-electron chi connectivity index (χ0n) is 17.4. The summed E-state index contributed by atoms with van der Waals surface area (Å²) in [7, 11) is 1.78. The lowest BCUT2D eigenvalue weighted by Gasteiger charge is -2.32. The highest BCUT2D eigenvalue weighted by molar-refractivity contribution is 6.01. The van der Waals surface area contributed by atoms with E-state index in [-0.39, 0.29) is 18.1 Å². The molecule has 32 heavy (non-hydrogen) atoms. The molecule has 4 aromatic heterocycles. The Morgan fingerprint density at radius 1 is 1.28 bits per heavy atom. The molecule has 4 aromatic rings. The molecule has 2 aliphatic carbocycles. The number of carbonyl (C=O) groups is 1. The van der Waals surface area contributed by atoms with Crippen LogP contribution in [-0.2, 0) is 0 Å². The number of nitrogens with zero attached hydrogens (tertiary/aromatic N) is 5. The number of carbonyl (C=O) groups excluding carboxylic acids is 1. The number of rotatable bonds is 5. The number of halogens is 1. The third-order valence-electron chi connectivity index (χ3n) is 6.35. The second-order valence-corrected chi connectivity index (χ2v) is 8.51. The molecular formula is C22H22FN7O2. The topological polar surface area (TPSA) is 109 Å². The van der Waals surface area contributed by atoms with Crippen LogP contribution < -0.4 is 10.6 Å². The van der Waals surface area contributed by atoms with Gasteiger partial charge in [0.25, 0.3) is 5.91 Å². The Morgan fingerprint density at radius 2 is 2.09 bits per heavy atom. The van der Waals surface area contributed by atoms with Gasteiger partial charge in [-0.15, -0.1) is 0 Å². The first kappa shape index (κ1) is 19.2. The molecule has 2 fully saturated rings. The second kappa shape index (κ2) is 6.99. The predicted molar refractivity (Wildman–Crippen MR) is 116 cm³/mol. The average molecular weight is 435 g/mol. The molecule has 0 aliphatic heterocycles. The molecule has 2 aliphatic rings. The molecule has 2 atom stereocenters. The normalized spacial score (nSPS) is 24.5. The minimum atomic E-state index is -0.985. The molecular weight excluding hydrogens is 413 g/mol. The zero-order chi connectivity index (χ0) is 22.0. The van der Waals surface area contributed by atoms with Crippen molar-refractivity contribution in [2.75, 3.05) is 12.4 Å². The van der Waals surface area contributed by atoms with Gasteiger partial charge in [-0.25, -0.2) is 14.4 Å². The number of aliphatic hydroxyl groups is 1. The number of fused-ring (bicyclic) bond motifs is 2. The van der Waals surface area contributed by atoms with Crippen LogP contribution in [0.1, 0.15) is 35.7 Å². The maximum atomic E-state index is 13.3. The zero-order valence-corrected chi connectivity index (χ0v) is 17.4. The maximum Gasteiger partial charge on any atom is 0.257 e. The van der Waals surface area contributed by atoms with Crippen LogP contribution in [0, 0.1) is 0 Å². The van der Waals surface area contributed by atoms with Crippen molar-refractivity contribution in [3.8, 4) is 11.3 Å². The van der Waals surface area contributed by atoms with E-state index in [1.807, 2.05) is 24.4 Å². The van der Waals surface area contributed by atoms with Crippen LogP contribution in [-0.4, -0.2) is 60.5 Å². The van der Waals surface area contributed by atoms with Gasteiger partial charge in [-0.3, -0.25) is 4.79 Å². The Hall–Kier alpha value is -3.53. The van der Waals surface area contributed by atoms with Gasteiger partial charge in [0.15, 0.2) is 5.65 Å². The summed E-state index contributed by atoms with van der Waals surface area (Å²) in [4.78, 5) is 22.1. The summed E-state index contributed by atoms with van der Waals surface area (Å²) in [6.07, 6.45) is 5.68. The number of pyridine rings is 1. The van der Waals surface area contributed by atoms with E-state index in [0.717, 1.165) is 16.6 Å². The fourth-order valence-electron chi connectivity index (χ4n) is 4.35. The molecule has 9 nitrogen and oxygen atoms in total. The van der Waals surface area contributed by atoms with Crippen molar-refractivity contribution in [2.45, 2.75) is 43.6 Å². The first-order valence-electron chi connectivity index (χ1n) is 10.7. The molecule has 10 heteroatoms. The Balaban J connectivity index is 1.48. The molecule has 0 bridgehead atoms. The molecule has 2 saturated carbocycles. The third kappa shape index (κ3) is 2.94. The molecule has 164 valence electrons. The Kier molecular flexibility index (Phi) is 4.19. The van der Waals surface area contributed by atoms with E-state index in [4.69, 9.17) is 4.98 Å². The van der Waals surface area contributed by atoms with Crippen molar-refractivity contribution in [3.63, 3.8) is 0 Å². The van der Waals surface area contributed by atoms with Crippen molar-refractivity contribution >= 4 is 28.4 Å². The van der Waals surface area contributed by atoms with Crippen LogP contribution in [0.2, 0.25) is 0 Å². The highest BCUT2D eigenvalue weighted by atomic mass is 19.1. The van der Waals surface area contributed by atoms with Gasteiger partial charge in [0.05, 0.1) is 24.0 Å². The number of anilines is 1. The van der Waals surface area contributed by atoms with E-state index in [1.54, 1.807) is 17.8 Å². The summed E-state index contributed by atoms with van der Waals surface area (Å²) in [5, 5.41) is 20.8. The molecule has 0 spiro atoms. The van der Waals surface area contributed by atoms with E-state index < -0.39 is 12.2 Å². The number of hydrogen-bond donors (Lipinski definition) is 3. The fourth-order valence-corrected chi connectivity index (χ4v) is 4.35. The quantitative estimate of drug-likeness (QED) is 0.444. The minimum absolute atomic E-state index is 0.187. The van der Waals surface area contributed by atoms with E-state index in [1.165, 1.54) is 6.20 Å². The summed E-state index contributed by atoms with van der Waals surface area (Å²) >= 11 is 0. The van der Waals surface area contributed by atoms with Crippen LogP contribution >= 0.6 is 0 Å². The van der Waals surface area contributed by atoms with Crippen LogP contribution in [0.25, 0.3) is 27.9 Å². The first-order valence-corrected chi connectivity index (χ1v) is 10.7. The van der Waals surface area contributed by atoms with Gasteiger partial charge in [-0.05, 0) is 25.0 Å². The molecule has 0 saturated heterocycles. The lowest BCUT2D eigenvalue weighted by molar-refractivity contribution is 0.0501. The summed E-state index contributed by atoms with van der Waals surface area (Å²) in [5.41, 5.74) is 3.08. The van der Waals surface area contributed by atoms with Crippen molar-refractivity contribution in [1.82, 2.24) is 29.5 Å². The van der Waals surface area contributed by atoms with Gasteiger partial charge in [0.1, 0.15) is 23.2 Å². The lowest BCUT2D eigenvalue weighted by Crippen LogP contribution is -2.30. The molecule has 4 heterocycles. The Morgan fingerprint density at radius 3 is 2.81 bits per heavy atom. The largest absolute Gasteiger partial charge is 0.393 e. The van der Waals surface area contributed by atoms with Gasteiger partial charge in [-0.2, -0.15) is 9.61 Å². The van der Waals surface area contributed by atoms with Crippen molar-refractivity contribution in [3.05, 3.63) is 42.4 Å². The number of amides is 1. The van der Waals surface area contributed by atoms with Crippen LogP contribution in [0.5, 0.6) is 0 Å². The fraction of sp³-hybridized carbons (Fsp3) is 0.364. The summed E-state index contributed by atoms with van der Waals surface area (Å²) in [6, 6.07) is 5.50. The highest BCUT2D eigenvalue weighted by Gasteiger charge is 2.39. The molecule has 0 aromatic carbocycles. The van der Waals surface area contributed by atoms with Crippen LogP contribution in [0.4, 0.5) is 10.2 Å². The maximum absolute atomic E-state index is 13.3. The van der Waals surface area contributed by atoms with E-state index >= 15 is 0 Å². The first-order chi connectivity index (χ1) is 15.5. The molecule has 0 unspecified atom stereocenters. The van der Waals surface area contributed by atoms with Gasteiger partial charge < -0.3 is 20.3 Å². The van der Waals surface area contributed by atoms with Crippen LogP contribution in [0.15, 0.2) is 36.8 Å². The van der Waals surface area contributed by atoms with Crippen molar-refractivity contribution in [2.24, 2.45) is 0 Å². The molecule has 1 amide bonds. The molecule has 3 N–H and O–H groups in total. The number of nitrogens with one attached hydrogen (secondary N) is 2. The SMILES string of the molecule is CNc1cc(-c2cn(C3CC(O)C3)c3ncccc23)nc2c(C(=O)N[C@@H]3C[C@@H]3F)cnn12. The molecule has 6 rings (SSSR count). The average Bonchev–Trinajstić information content (AvgIpc) is 3.16. The van der Waals surface area contributed by atoms with Gasteiger partial charge in [0, 0.05) is 48.9 Å². The summed E-state index contributed by atoms with van der Waals surface area (Å²) in [5.74, 6) is 0.284. The smallest absolute Gasteiger partial charge is 0.257 e. The number of aromatic nitrogens is 5. The third-order valence-corrected chi connectivity index (χ3v) is 6.35. The van der Waals surface area contributed by atoms with Gasteiger partial charge in [0.2, 0.25) is 0 Å². The number of alkyl halides is 1. The van der Waals surface area contributed by atoms with Gasteiger partial charge in [-0.1, -0.05) is 0 Å². The lowest BCUT2D eigenvalue weighted by atomic mass is 9.89. The summed E-state index contributed by atoms with van der Waals surface area (Å²) < 4.78 is 17.0. The predicted octanol–water partition coefficient (Wildman–Crippen LogP) is 2.32. The highest BCUT2D eigenvalue weighted by Crippen LogP contribution is 2.38. The van der Waals surface area contributed by atoms with Crippen molar-refractivity contribution in [1.29, 1.82) is 0 Å². The Labute approximate surface area is 182 Å². The summed E-state index contributed by atoms with van der Waals surface area (Å²) in [6.45, 7) is 0. The van der Waals surface area contributed by atoms with Crippen molar-refractivity contribution < 1.29 is 14.3 Å². The molecule has 0 radical (unpaired) electrons. The second-order valence-electron chi connectivity index (χ2n) is 8.51. The number of hydrogen-bond acceptors (Lipinski definition) is 6. The van der Waals surface area contributed by atoms with E-state index in [2.05, 4.69) is 25.3 Å². The Bertz CT molecular complexity index is 1360. The van der Waals surface area contributed by atoms with E-state index in [0.29, 0.717) is 42.0 Å². The monoisotopic (exact) mass is 435 g/mol.